The van der Waals surface area contributed by atoms with Gasteiger partial charge < -0.3 is 16.3 Å². The van der Waals surface area contributed by atoms with Crippen molar-refractivity contribution in [3.63, 3.8) is 0 Å². The van der Waals surface area contributed by atoms with Gasteiger partial charge in [-0.25, -0.2) is 4.39 Å². The van der Waals surface area contributed by atoms with E-state index < -0.39 is 11.7 Å². The zero-order valence-corrected chi connectivity index (χ0v) is 11.8. The van der Waals surface area contributed by atoms with Crippen molar-refractivity contribution >= 4 is 27.7 Å². The van der Waals surface area contributed by atoms with Crippen LogP contribution in [0.1, 0.15) is 29.6 Å². The van der Waals surface area contributed by atoms with Gasteiger partial charge in [0.25, 0.3) is 5.91 Å². The smallest absolute Gasteiger partial charge is 0.254 e. The van der Waals surface area contributed by atoms with Gasteiger partial charge in [-0.1, -0.05) is 21.1 Å². The van der Waals surface area contributed by atoms with Crippen molar-refractivity contribution in [1.29, 1.82) is 0 Å². The van der Waals surface area contributed by atoms with Crippen molar-refractivity contribution in [2.45, 2.75) is 19.3 Å². The Labute approximate surface area is 118 Å². The van der Waals surface area contributed by atoms with Gasteiger partial charge in [0.15, 0.2) is 0 Å². The molecule has 4 N–H and O–H groups in total. The number of carbonyl (C=O) groups excluding carboxylic acids is 1. The average Bonchev–Trinajstić information content (AvgIpc) is 2.40. The molecule has 0 saturated heterocycles. The fourth-order valence-corrected chi connectivity index (χ4v) is 1.81. The fraction of sp³-hybridized carbons (Fsp3) is 0.333. The standard InChI is InChI=1S/C12H15BrFN3O2/c13-8-4-5-10(14)9(7-8)12(18)16-6-2-1-3-11(15)17-19/h4-5,7,19H,1-3,6H2,(H2,15,17)(H,16,18). The lowest BCUT2D eigenvalue weighted by atomic mass is 10.2. The zero-order valence-electron chi connectivity index (χ0n) is 10.2. The molecule has 0 heterocycles. The Morgan fingerprint density at radius 3 is 2.89 bits per heavy atom. The number of halogens is 2. The summed E-state index contributed by atoms with van der Waals surface area (Å²) >= 11 is 3.18. The molecular weight excluding hydrogens is 317 g/mol. The Morgan fingerprint density at radius 1 is 1.47 bits per heavy atom. The summed E-state index contributed by atoms with van der Waals surface area (Å²) in [6, 6.07) is 4.20. The van der Waals surface area contributed by atoms with Crippen LogP contribution < -0.4 is 11.1 Å². The first-order valence-corrected chi connectivity index (χ1v) is 6.53. The van der Waals surface area contributed by atoms with E-state index in [2.05, 4.69) is 26.4 Å². The lowest BCUT2D eigenvalue weighted by Crippen LogP contribution is -2.25. The third-order valence-electron chi connectivity index (χ3n) is 2.45. The summed E-state index contributed by atoms with van der Waals surface area (Å²) in [5.41, 5.74) is 5.31. The van der Waals surface area contributed by atoms with Crippen LogP contribution in [0.3, 0.4) is 0 Å². The zero-order chi connectivity index (χ0) is 14.3. The molecule has 5 nitrogen and oxygen atoms in total. The molecule has 0 atom stereocenters. The molecule has 0 aliphatic heterocycles. The number of nitrogens with two attached hydrogens (primary N) is 1. The molecular formula is C12H15BrFN3O2. The number of amides is 1. The number of nitrogens with one attached hydrogen (secondary N) is 1. The fourth-order valence-electron chi connectivity index (χ4n) is 1.45. The summed E-state index contributed by atoms with van der Waals surface area (Å²) < 4.78 is 14.0. The lowest BCUT2D eigenvalue weighted by Gasteiger charge is -2.06. The van der Waals surface area contributed by atoms with Crippen molar-refractivity contribution in [2.24, 2.45) is 10.9 Å². The number of oxime groups is 1. The molecule has 1 aromatic carbocycles. The lowest BCUT2D eigenvalue weighted by molar-refractivity contribution is 0.0949. The first-order valence-electron chi connectivity index (χ1n) is 5.74. The number of nitrogens with zero attached hydrogens (tertiary/aromatic N) is 1. The third-order valence-corrected chi connectivity index (χ3v) is 2.94. The predicted octanol–water partition coefficient (Wildman–Crippen LogP) is 2.23. The van der Waals surface area contributed by atoms with E-state index >= 15 is 0 Å². The maximum absolute atomic E-state index is 13.4. The normalized spacial score (nSPS) is 11.4. The van der Waals surface area contributed by atoms with Crippen molar-refractivity contribution < 1.29 is 14.4 Å². The van der Waals surface area contributed by atoms with Gasteiger partial charge in [0, 0.05) is 17.4 Å². The molecule has 0 unspecified atom stereocenters. The molecule has 0 spiro atoms. The van der Waals surface area contributed by atoms with E-state index in [0.29, 0.717) is 30.3 Å². The molecule has 1 aromatic rings. The number of hydrogen-bond acceptors (Lipinski definition) is 3. The van der Waals surface area contributed by atoms with Crippen molar-refractivity contribution in [1.82, 2.24) is 5.32 Å². The van der Waals surface area contributed by atoms with Crippen LogP contribution in [0.5, 0.6) is 0 Å². The first kappa shape index (κ1) is 15.4. The minimum absolute atomic E-state index is 0.00538. The van der Waals surface area contributed by atoms with Gasteiger partial charge in [-0.15, -0.1) is 0 Å². The molecule has 104 valence electrons. The molecule has 0 aliphatic carbocycles. The molecule has 19 heavy (non-hydrogen) atoms. The summed E-state index contributed by atoms with van der Waals surface area (Å²) in [4.78, 5) is 11.7. The van der Waals surface area contributed by atoms with Gasteiger partial charge in [-0.2, -0.15) is 0 Å². The second-order valence-electron chi connectivity index (χ2n) is 3.93. The highest BCUT2D eigenvalue weighted by atomic mass is 79.9. The number of carbonyl (C=O) groups is 1. The van der Waals surface area contributed by atoms with E-state index in [1.807, 2.05) is 0 Å². The van der Waals surface area contributed by atoms with Crippen LogP contribution in [-0.4, -0.2) is 23.5 Å². The Bertz CT molecular complexity index is 480. The van der Waals surface area contributed by atoms with Crippen molar-refractivity contribution in [3.8, 4) is 0 Å². The number of rotatable bonds is 6. The van der Waals surface area contributed by atoms with Crippen LogP contribution in [0.4, 0.5) is 4.39 Å². The second kappa shape index (κ2) is 7.73. The van der Waals surface area contributed by atoms with Gasteiger partial charge in [-0.3, -0.25) is 4.79 Å². The molecule has 1 rings (SSSR count). The van der Waals surface area contributed by atoms with E-state index in [9.17, 15) is 9.18 Å². The van der Waals surface area contributed by atoms with Crippen molar-refractivity contribution in [3.05, 3.63) is 34.1 Å². The highest BCUT2D eigenvalue weighted by Gasteiger charge is 2.11. The van der Waals surface area contributed by atoms with Gasteiger partial charge in [0.1, 0.15) is 11.7 Å². The number of amidine groups is 1. The van der Waals surface area contributed by atoms with Crippen molar-refractivity contribution in [2.75, 3.05) is 6.54 Å². The molecule has 0 aliphatic rings. The Kier molecular flexibility index (Phi) is 6.27. The minimum Gasteiger partial charge on any atom is -0.409 e. The largest absolute Gasteiger partial charge is 0.409 e. The second-order valence-corrected chi connectivity index (χ2v) is 4.84. The van der Waals surface area contributed by atoms with Gasteiger partial charge in [-0.05, 0) is 31.0 Å². The monoisotopic (exact) mass is 331 g/mol. The third kappa shape index (κ3) is 5.25. The molecule has 0 radical (unpaired) electrons. The SMILES string of the molecule is NC(CCCCNC(=O)c1cc(Br)ccc1F)=NO. The molecule has 0 bridgehead atoms. The summed E-state index contributed by atoms with van der Waals surface area (Å²) in [5.74, 6) is -0.857. The maximum Gasteiger partial charge on any atom is 0.254 e. The van der Waals surface area contributed by atoms with Crippen LogP contribution in [0.25, 0.3) is 0 Å². The number of hydrogen-bond donors (Lipinski definition) is 3. The van der Waals surface area contributed by atoms with Crippen LogP contribution in [-0.2, 0) is 0 Å². The molecule has 0 fully saturated rings. The summed E-state index contributed by atoms with van der Waals surface area (Å²) in [5, 5.41) is 13.8. The Balaban J connectivity index is 2.37. The summed E-state index contributed by atoms with van der Waals surface area (Å²) in [6.45, 7) is 0.406. The Hall–Kier alpha value is -1.63. The van der Waals surface area contributed by atoms with Gasteiger partial charge >= 0.3 is 0 Å². The topological polar surface area (TPSA) is 87.7 Å². The van der Waals surface area contributed by atoms with Crippen LogP contribution >= 0.6 is 15.9 Å². The molecule has 0 aromatic heterocycles. The molecule has 1 amide bonds. The van der Waals surface area contributed by atoms with E-state index in [1.165, 1.54) is 18.2 Å². The predicted molar refractivity (Wildman–Crippen MR) is 73.7 cm³/mol. The van der Waals surface area contributed by atoms with Crippen LogP contribution in [0.2, 0.25) is 0 Å². The van der Waals surface area contributed by atoms with Crippen LogP contribution in [0, 0.1) is 5.82 Å². The minimum atomic E-state index is -0.558. The highest BCUT2D eigenvalue weighted by molar-refractivity contribution is 9.10. The molecule has 0 saturated carbocycles. The van der Waals surface area contributed by atoms with E-state index in [1.54, 1.807) is 0 Å². The number of benzene rings is 1. The molecule has 7 heteroatoms. The quantitative estimate of drug-likeness (QED) is 0.245. The highest BCUT2D eigenvalue weighted by Crippen LogP contribution is 2.15. The number of unbranched alkanes of at least 4 members (excludes halogenated alkanes) is 1. The summed E-state index contributed by atoms with van der Waals surface area (Å²) in [7, 11) is 0. The first-order chi connectivity index (χ1) is 9.04. The van der Waals surface area contributed by atoms with E-state index in [4.69, 9.17) is 10.9 Å². The summed E-state index contributed by atoms with van der Waals surface area (Å²) in [6.07, 6.45) is 1.80. The average molecular weight is 332 g/mol. The van der Waals surface area contributed by atoms with Gasteiger partial charge in [0.05, 0.1) is 5.56 Å². The van der Waals surface area contributed by atoms with E-state index in [-0.39, 0.29) is 11.4 Å². The van der Waals surface area contributed by atoms with Gasteiger partial charge in [0.2, 0.25) is 0 Å². The maximum atomic E-state index is 13.4. The van der Waals surface area contributed by atoms with Crippen LogP contribution in [0.15, 0.2) is 27.8 Å². The Morgan fingerprint density at radius 2 is 2.21 bits per heavy atom. The van der Waals surface area contributed by atoms with E-state index in [0.717, 1.165) is 0 Å².